The molecule has 0 saturated heterocycles. The Morgan fingerprint density at radius 1 is 1.29 bits per heavy atom. The Morgan fingerprint density at radius 3 is 2.59 bits per heavy atom. The van der Waals surface area contributed by atoms with Crippen molar-refractivity contribution in [3.05, 3.63) is 21.9 Å². The van der Waals surface area contributed by atoms with Gasteiger partial charge in [-0.15, -0.1) is 11.3 Å². The number of nitrogens with one attached hydrogen (secondary N) is 1. The Balaban J connectivity index is 2.26. The highest BCUT2D eigenvalue weighted by Crippen LogP contribution is 2.21. The molecule has 1 rings (SSSR count). The molecule has 0 aliphatic carbocycles. The Morgan fingerprint density at radius 2 is 2.00 bits per heavy atom. The third-order valence-corrected chi connectivity index (χ3v) is 4.21. The minimum Gasteiger partial charge on any atom is -0.396 e. The van der Waals surface area contributed by atoms with Crippen molar-refractivity contribution in [3.63, 3.8) is 0 Å². The maximum Gasteiger partial charge on any atom is 0.0431 e. The minimum absolute atomic E-state index is 0.271. The number of aliphatic hydroxyl groups is 1. The van der Waals surface area contributed by atoms with E-state index < -0.39 is 0 Å². The third kappa shape index (κ3) is 5.66. The zero-order chi connectivity index (χ0) is 12.7. The van der Waals surface area contributed by atoms with Gasteiger partial charge in [-0.2, -0.15) is 0 Å². The standard InChI is InChI=1S/C14H25NOS/c1-4-12-6-7-13(17-12)10-15-11-14(2,3)8-5-9-16/h6-7,15-16H,4-5,8-11H2,1-3H3. The molecule has 17 heavy (non-hydrogen) atoms. The molecule has 1 aromatic rings. The van der Waals surface area contributed by atoms with E-state index >= 15 is 0 Å². The lowest BCUT2D eigenvalue weighted by Crippen LogP contribution is -2.29. The molecule has 3 heteroatoms. The van der Waals surface area contributed by atoms with E-state index in [1.807, 2.05) is 11.3 Å². The van der Waals surface area contributed by atoms with Gasteiger partial charge in [0, 0.05) is 29.5 Å². The normalized spacial score (nSPS) is 12.0. The molecule has 0 spiro atoms. The number of hydrogen-bond donors (Lipinski definition) is 2. The summed E-state index contributed by atoms with van der Waals surface area (Å²) in [6.45, 7) is 8.97. The van der Waals surface area contributed by atoms with Crippen molar-refractivity contribution >= 4 is 11.3 Å². The molecule has 0 bridgehead atoms. The topological polar surface area (TPSA) is 32.3 Å². The van der Waals surface area contributed by atoms with Gasteiger partial charge in [-0.05, 0) is 36.8 Å². The van der Waals surface area contributed by atoms with Crippen LogP contribution in [0.15, 0.2) is 12.1 Å². The predicted octanol–water partition coefficient (Wildman–Crippen LogP) is 3.20. The van der Waals surface area contributed by atoms with E-state index in [1.165, 1.54) is 9.75 Å². The predicted molar refractivity (Wildman–Crippen MR) is 75.5 cm³/mol. The van der Waals surface area contributed by atoms with Crippen molar-refractivity contribution < 1.29 is 5.11 Å². The average Bonchev–Trinajstić information content (AvgIpc) is 2.74. The van der Waals surface area contributed by atoms with Gasteiger partial charge in [0.2, 0.25) is 0 Å². The summed E-state index contributed by atoms with van der Waals surface area (Å²) in [6, 6.07) is 4.44. The lowest BCUT2D eigenvalue weighted by molar-refractivity contribution is 0.236. The van der Waals surface area contributed by atoms with E-state index in [1.54, 1.807) is 0 Å². The van der Waals surface area contributed by atoms with Crippen molar-refractivity contribution in [1.29, 1.82) is 0 Å². The quantitative estimate of drug-likeness (QED) is 0.747. The van der Waals surface area contributed by atoms with Crippen LogP contribution in [0.2, 0.25) is 0 Å². The van der Waals surface area contributed by atoms with E-state index in [2.05, 4.69) is 38.2 Å². The minimum atomic E-state index is 0.271. The lowest BCUT2D eigenvalue weighted by atomic mass is 9.88. The van der Waals surface area contributed by atoms with Crippen molar-refractivity contribution in [2.45, 2.75) is 46.6 Å². The number of hydrogen-bond acceptors (Lipinski definition) is 3. The molecule has 0 aliphatic heterocycles. The van der Waals surface area contributed by atoms with Crippen LogP contribution in [0.3, 0.4) is 0 Å². The third-order valence-electron chi connectivity index (χ3n) is 2.98. The van der Waals surface area contributed by atoms with E-state index in [4.69, 9.17) is 5.11 Å². The van der Waals surface area contributed by atoms with Gasteiger partial charge in [0.05, 0.1) is 0 Å². The van der Waals surface area contributed by atoms with Crippen LogP contribution >= 0.6 is 11.3 Å². The van der Waals surface area contributed by atoms with Gasteiger partial charge in [-0.25, -0.2) is 0 Å². The van der Waals surface area contributed by atoms with Crippen LogP contribution in [-0.2, 0) is 13.0 Å². The number of thiophene rings is 1. The molecule has 0 atom stereocenters. The molecule has 1 aromatic heterocycles. The molecule has 0 fully saturated rings. The highest BCUT2D eigenvalue weighted by atomic mass is 32.1. The molecule has 0 aliphatic rings. The van der Waals surface area contributed by atoms with Gasteiger partial charge in [-0.3, -0.25) is 0 Å². The maximum atomic E-state index is 8.84. The Hall–Kier alpha value is -0.380. The summed E-state index contributed by atoms with van der Waals surface area (Å²) >= 11 is 1.90. The van der Waals surface area contributed by atoms with Crippen LogP contribution in [-0.4, -0.2) is 18.3 Å². The maximum absolute atomic E-state index is 8.84. The van der Waals surface area contributed by atoms with Crippen molar-refractivity contribution in [3.8, 4) is 0 Å². The van der Waals surface area contributed by atoms with Gasteiger partial charge in [-0.1, -0.05) is 20.8 Å². The Labute approximate surface area is 109 Å². The van der Waals surface area contributed by atoms with Crippen LogP contribution in [0.4, 0.5) is 0 Å². The molecule has 0 amide bonds. The largest absolute Gasteiger partial charge is 0.396 e. The van der Waals surface area contributed by atoms with Crippen molar-refractivity contribution in [2.24, 2.45) is 5.41 Å². The summed E-state index contributed by atoms with van der Waals surface area (Å²) in [6.07, 6.45) is 3.10. The summed E-state index contributed by atoms with van der Waals surface area (Å²) in [5.41, 5.74) is 0.271. The second-order valence-corrected chi connectivity index (χ2v) is 6.57. The zero-order valence-corrected chi connectivity index (χ0v) is 12.1. The summed E-state index contributed by atoms with van der Waals surface area (Å²) < 4.78 is 0. The van der Waals surface area contributed by atoms with Crippen LogP contribution in [0, 0.1) is 5.41 Å². The van der Waals surface area contributed by atoms with Crippen LogP contribution < -0.4 is 5.32 Å². The molecule has 2 nitrogen and oxygen atoms in total. The van der Waals surface area contributed by atoms with Gasteiger partial charge in [0.15, 0.2) is 0 Å². The molecule has 0 aromatic carbocycles. The molecule has 98 valence electrons. The SMILES string of the molecule is CCc1ccc(CNCC(C)(C)CCCO)s1. The van der Waals surface area contributed by atoms with Crippen LogP contribution in [0.25, 0.3) is 0 Å². The van der Waals surface area contributed by atoms with Gasteiger partial charge >= 0.3 is 0 Å². The number of rotatable bonds is 8. The summed E-state index contributed by atoms with van der Waals surface area (Å²) in [4.78, 5) is 2.88. The highest BCUT2D eigenvalue weighted by Gasteiger charge is 2.16. The Kier molecular flexibility index (Phi) is 6.17. The first kappa shape index (κ1) is 14.7. The van der Waals surface area contributed by atoms with Crippen LogP contribution in [0.1, 0.15) is 43.4 Å². The molecule has 1 heterocycles. The monoisotopic (exact) mass is 255 g/mol. The van der Waals surface area contributed by atoms with Crippen molar-refractivity contribution in [2.75, 3.05) is 13.2 Å². The van der Waals surface area contributed by atoms with E-state index in [0.29, 0.717) is 6.61 Å². The molecule has 0 saturated carbocycles. The van der Waals surface area contributed by atoms with E-state index in [0.717, 1.165) is 32.4 Å². The van der Waals surface area contributed by atoms with E-state index in [9.17, 15) is 0 Å². The average molecular weight is 255 g/mol. The fourth-order valence-corrected chi connectivity index (χ4v) is 2.80. The fraction of sp³-hybridized carbons (Fsp3) is 0.714. The second-order valence-electron chi connectivity index (χ2n) is 5.32. The first-order valence-electron chi connectivity index (χ1n) is 6.46. The molecule has 0 unspecified atom stereocenters. The fourth-order valence-electron chi connectivity index (χ4n) is 1.88. The van der Waals surface area contributed by atoms with Gasteiger partial charge in [0.25, 0.3) is 0 Å². The number of aryl methyl sites for hydroxylation is 1. The molecule has 2 N–H and O–H groups in total. The first-order valence-corrected chi connectivity index (χ1v) is 7.28. The Bertz CT molecular complexity index is 320. The number of aliphatic hydroxyl groups excluding tert-OH is 1. The summed E-state index contributed by atoms with van der Waals surface area (Å²) in [7, 11) is 0. The zero-order valence-electron chi connectivity index (χ0n) is 11.3. The molecular weight excluding hydrogens is 230 g/mol. The first-order chi connectivity index (χ1) is 8.07. The van der Waals surface area contributed by atoms with Gasteiger partial charge in [0.1, 0.15) is 0 Å². The van der Waals surface area contributed by atoms with Gasteiger partial charge < -0.3 is 10.4 Å². The molecule has 0 radical (unpaired) electrons. The smallest absolute Gasteiger partial charge is 0.0431 e. The summed E-state index contributed by atoms with van der Waals surface area (Å²) in [5, 5.41) is 12.4. The van der Waals surface area contributed by atoms with Crippen LogP contribution in [0.5, 0.6) is 0 Å². The molecular formula is C14H25NOS. The van der Waals surface area contributed by atoms with E-state index in [-0.39, 0.29) is 5.41 Å². The highest BCUT2D eigenvalue weighted by molar-refractivity contribution is 7.11. The second kappa shape index (κ2) is 7.14. The lowest BCUT2D eigenvalue weighted by Gasteiger charge is -2.24. The van der Waals surface area contributed by atoms with Crippen molar-refractivity contribution in [1.82, 2.24) is 5.32 Å². The summed E-state index contributed by atoms with van der Waals surface area (Å²) in [5.74, 6) is 0.